The van der Waals surface area contributed by atoms with E-state index in [1.165, 1.54) is 5.56 Å². The van der Waals surface area contributed by atoms with Crippen LogP contribution in [0.3, 0.4) is 0 Å². The van der Waals surface area contributed by atoms with Crippen molar-refractivity contribution in [2.24, 2.45) is 0 Å². The maximum absolute atomic E-state index is 12.7. The standard InChI is InChI=1S/C20H24O2P.Li/c1-13-11-15(20(3,4)5)12-14(2)18(13)19(21)23-17-9-7-16(22-6)8-10-17;/h7-12H,1-6H3;/q-1;+1. The first-order valence-electron chi connectivity index (χ1n) is 7.74. The summed E-state index contributed by atoms with van der Waals surface area (Å²) in [6, 6.07) is 11.9. The number of aryl methyl sites for hydroxylation is 2. The van der Waals surface area contributed by atoms with Gasteiger partial charge in [0.05, 0.1) is 7.11 Å². The summed E-state index contributed by atoms with van der Waals surface area (Å²) < 4.78 is 5.15. The van der Waals surface area contributed by atoms with Crippen LogP contribution in [0, 0.1) is 13.8 Å². The van der Waals surface area contributed by atoms with Gasteiger partial charge in [0.1, 0.15) is 5.75 Å². The quantitative estimate of drug-likeness (QED) is 0.632. The minimum Gasteiger partial charge on any atom is -0.497 e. The van der Waals surface area contributed by atoms with Crippen LogP contribution in [-0.4, -0.2) is 12.6 Å². The van der Waals surface area contributed by atoms with Crippen LogP contribution in [-0.2, 0) is 5.41 Å². The van der Waals surface area contributed by atoms with Gasteiger partial charge in [0, 0.05) is 5.52 Å². The smallest absolute Gasteiger partial charge is 0.497 e. The van der Waals surface area contributed by atoms with Gasteiger partial charge < -0.3 is 18.1 Å². The average molecular weight is 334 g/mol. The van der Waals surface area contributed by atoms with Gasteiger partial charge in [0.25, 0.3) is 0 Å². The van der Waals surface area contributed by atoms with Crippen molar-refractivity contribution in [2.75, 3.05) is 7.11 Å². The minimum atomic E-state index is 0. The van der Waals surface area contributed by atoms with Gasteiger partial charge in [0.2, 0.25) is 0 Å². The van der Waals surface area contributed by atoms with E-state index in [9.17, 15) is 4.79 Å². The van der Waals surface area contributed by atoms with Crippen molar-refractivity contribution in [3.8, 4) is 5.75 Å². The summed E-state index contributed by atoms with van der Waals surface area (Å²) >= 11 is 0. The fraction of sp³-hybridized carbons (Fsp3) is 0.350. The third-order valence-corrected chi connectivity index (χ3v) is 4.90. The van der Waals surface area contributed by atoms with Crippen LogP contribution in [0.2, 0.25) is 0 Å². The molecule has 24 heavy (non-hydrogen) atoms. The molecular formula is C20H24LiO2P. The molecule has 0 fully saturated rings. The van der Waals surface area contributed by atoms with Crippen LogP contribution in [0.25, 0.3) is 0 Å². The van der Waals surface area contributed by atoms with E-state index >= 15 is 0 Å². The van der Waals surface area contributed by atoms with Crippen molar-refractivity contribution in [1.29, 1.82) is 0 Å². The Morgan fingerprint density at radius 1 is 1.00 bits per heavy atom. The van der Waals surface area contributed by atoms with Gasteiger partial charge >= 0.3 is 18.9 Å². The zero-order valence-corrected chi connectivity index (χ0v) is 16.6. The summed E-state index contributed by atoms with van der Waals surface area (Å²) in [6.45, 7) is 10.6. The topological polar surface area (TPSA) is 26.3 Å². The molecule has 0 aliphatic carbocycles. The third kappa shape index (κ3) is 4.97. The van der Waals surface area contributed by atoms with Gasteiger partial charge in [-0.25, -0.2) is 0 Å². The maximum atomic E-state index is 12.7. The molecule has 0 aromatic heterocycles. The molecule has 0 amide bonds. The second kappa shape index (κ2) is 8.35. The molecule has 2 nitrogen and oxygen atoms in total. The zero-order chi connectivity index (χ0) is 17.2. The molecule has 2 rings (SSSR count). The Morgan fingerprint density at radius 2 is 1.50 bits per heavy atom. The van der Waals surface area contributed by atoms with Crippen LogP contribution in [0.4, 0.5) is 0 Å². The number of rotatable bonds is 4. The largest absolute Gasteiger partial charge is 1.00 e. The number of methoxy groups -OCH3 is 1. The molecule has 0 radical (unpaired) electrons. The van der Waals surface area contributed by atoms with Crippen LogP contribution in [0.1, 0.15) is 47.8 Å². The van der Waals surface area contributed by atoms with Crippen molar-refractivity contribution in [1.82, 2.24) is 0 Å². The Balaban J connectivity index is 0.00000288. The summed E-state index contributed by atoms with van der Waals surface area (Å²) in [5, 5.41) is 0.981. The number of carbonyl (C=O) groups is 1. The van der Waals surface area contributed by atoms with Gasteiger partial charge in [0.15, 0.2) is 0 Å². The average Bonchev–Trinajstić information content (AvgIpc) is 2.46. The molecule has 0 bridgehead atoms. The molecule has 0 N–H and O–H groups in total. The number of benzene rings is 2. The number of carbonyl (C=O) groups excluding carboxylic acids is 1. The van der Waals surface area contributed by atoms with Crippen molar-refractivity contribution in [3.63, 3.8) is 0 Å². The van der Waals surface area contributed by atoms with Crippen molar-refractivity contribution in [2.45, 2.75) is 40.0 Å². The van der Waals surface area contributed by atoms with E-state index < -0.39 is 0 Å². The molecule has 0 saturated carbocycles. The normalized spacial score (nSPS) is 11.4. The molecule has 2 aromatic rings. The molecule has 122 valence electrons. The maximum Gasteiger partial charge on any atom is 1.00 e. The number of hydrogen-bond acceptors (Lipinski definition) is 2. The van der Waals surface area contributed by atoms with E-state index in [4.69, 9.17) is 4.74 Å². The first-order chi connectivity index (χ1) is 10.7. The molecule has 0 heterocycles. The van der Waals surface area contributed by atoms with Gasteiger partial charge in [-0.1, -0.05) is 45.0 Å². The van der Waals surface area contributed by atoms with E-state index in [0.29, 0.717) is 8.58 Å². The predicted octanol–water partition coefficient (Wildman–Crippen LogP) is 2.03. The molecule has 0 atom stereocenters. The van der Waals surface area contributed by atoms with Crippen LogP contribution < -0.4 is 28.9 Å². The summed E-state index contributed by atoms with van der Waals surface area (Å²) in [6.07, 6.45) is 0. The Bertz CT molecular complexity index is 692. The predicted molar refractivity (Wildman–Crippen MR) is 98.5 cm³/mol. The third-order valence-electron chi connectivity index (χ3n) is 3.92. The van der Waals surface area contributed by atoms with E-state index in [2.05, 4.69) is 32.9 Å². The summed E-state index contributed by atoms with van der Waals surface area (Å²) in [7, 11) is 2.34. The fourth-order valence-electron chi connectivity index (χ4n) is 2.56. The van der Waals surface area contributed by atoms with E-state index in [1.54, 1.807) is 7.11 Å². The molecule has 0 spiro atoms. The van der Waals surface area contributed by atoms with Crippen LogP contribution in [0.5, 0.6) is 5.75 Å². The summed E-state index contributed by atoms with van der Waals surface area (Å²) in [5.74, 6) is 0.804. The number of ether oxygens (including phenoxy) is 1. The molecule has 2 aromatic carbocycles. The van der Waals surface area contributed by atoms with Gasteiger partial charge in [-0.3, -0.25) is 0 Å². The van der Waals surface area contributed by atoms with E-state index in [-0.39, 0.29) is 29.8 Å². The molecular weight excluding hydrogens is 310 g/mol. The first-order valence-corrected chi connectivity index (χ1v) is 8.63. The molecule has 0 aliphatic heterocycles. The van der Waals surface area contributed by atoms with E-state index in [0.717, 1.165) is 27.7 Å². The second-order valence-corrected chi connectivity index (χ2v) is 8.00. The van der Waals surface area contributed by atoms with Gasteiger partial charge in [-0.05, 0) is 53.6 Å². The summed E-state index contributed by atoms with van der Waals surface area (Å²) in [4.78, 5) is 12.7. The Labute approximate surface area is 159 Å². The monoisotopic (exact) mass is 334 g/mol. The Morgan fingerprint density at radius 3 is 1.92 bits per heavy atom. The Hall–Kier alpha value is -1.06. The molecule has 0 aliphatic rings. The van der Waals surface area contributed by atoms with Crippen molar-refractivity contribution in [3.05, 3.63) is 58.7 Å². The van der Waals surface area contributed by atoms with Gasteiger partial charge in [-0.2, -0.15) is 5.30 Å². The van der Waals surface area contributed by atoms with Crippen molar-refractivity contribution >= 4 is 19.4 Å². The molecule has 4 heteroatoms. The summed E-state index contributed by atoms with van der Waals surface area (Å²) in [5.41, 5.74) is 4.46. The second-order valence-electron chi connectivity index (χ2n) is 6.85. The SMILES string of the molecule is COc1ccc([P-]C(=O)c2c(C)cc(C(C)(C)C)cc2C)cc1.[Li+]. The minimum absolute atomic E-state index is 0. The zero-order valence-electron chi connectivity index (χ0n) is 15.7. The fourth-order valence-corrected chi connectivity index (χ4v) is 3.56. The Kier molecular flexibility index (Phi) is 7.30. The molecule has 0 saturated heterocycles. The first kappa shape index (κ1) is 21.0. The van der Waals surface area contributed by atoms with E-state index in [1.807, 2.05) is 38.1 Å². The molecule has 0 unspecified atom stereocenters. The van der Waals surface area contributed by atoms with Crippen LogP contribution in [0.15, 0.2) is 36.4 Å². The van der Waals surface area contributed by atoms with Crippen molar-refractivity contribution < 1.29 is 28.4 Å². The number of hydrogen-bond donors (Lipinski definition) is 0. The van der Waals surface area contributed by atoms with Gasteiger partial charge in [-0.15, -0.1) is 0 Å². The van der Waals surface area contributed by atoms with Crippen LogP contribution >= 0.6 is 8.58 Å².